The topological polar surface area (TPSA) is 206 Å². The highest BCUT2D eigenvalue weighted by Gasteiger charge is 2.41. The highest BCUT2D eigenvalue weighted by atomic mass is 35.5. The number of likely N-dealkylation sites (tertiary alicyclic amines) is 1. The number of carbonyl (C=O) groups is 4. The van der Waals surface area contributed by atoms with Crippen LogP contribution in [0.3, 0.4) is 0 Å². The number of rotatable bonds is 12. The van der Waals surface area contributed by atoms with E-state index in [-0.39, 0.29) is 54.0 Å². The van der Waals surface area contributed by atoms with E-state index in [0.29, 0.717) is 67.2 Å². The van der Waals surface area contributed by atoms with Gasteiger partial charge in [0, 0.05) is 98.3 Å². The van der Waals surface area contributed by atoms with E-state index in [2.05, 4.69) is 49.9 Å². The van der Waals surface area contributed by atoms with Crippen LogP contribution in [0.15, 0.2) is 67.4 Å². The minimum absolute atomic E-state index is 0.0534. The summed E-state index contributed by atoms with van der Waals surface area (Å²) in [6.07, 6.45) is 14.6. The average Bonchev–Trinajstić information content (AvgIpc) is 4.01. The Morgan fingerprint density at radius 3 is 2.32 bits per heavy atom. The first-order chi connectivity index (χ1) is 32.7. The van der Waals surface area contributed by atoms with E-state index in [1.54, 1.807) is 16.8 Å². The average molecular weight is 944 g/mol. The molecule has 356 valence electrons. The first-order valence-corrected chi connectivity index (χ1v) is 24.2. The van der Waals surface area contributed by atoms with Crippen molar-refractivity contribution in [2.45, 2.75) is 109 Å². The molecule has 4 saturated heterocycles. The molecular weight excluding hydrogens is 884 g/mol. The molecule has 1 aromatic carbocycles. The zero-order chi connectivity index (χ0) is 47.7. The number of imide groups is 1. The minimum Gasteiger partial charge on any atom is -0.389 e. The number of benzene rings is 1. The van der Waals surface area contributed by atoms with Gasteiger partial charge in [-0.2, -0.15) is 15.5 Å². The fraction of sp³-hybridized carbons (Fsp3) is 0.480. The summed E-state index contributed by atoms with van der Waals surface area (Å²) in [6, 6.07) is 13.6. The third-order valence-corrected chi connectivity index (χ3v) is 14.9. The number of aromatic nitrogens is 5. The number of anilines is 3. The fourth-order valence-electron chi connectivity index (χ4n) is 10.3. The SMILES string of the molecule is CCC1(C(=O)NC(C)C)CCN(c2ccc(-c3cc(-c4cnn(C5CCN(C(=O)CC6(O)CCN(c7ccc(N[C@H]8CCC(=O)NC8=O)cc7Cl)CC6)CC5)c4)cn4ncc(C#N)c34)cn2)CC1. The number of amides is 4. The van der Waals surface area contributed by atoms with Gasteiger partial charge in [0.15, 0.2) is 0 Å². The van der Waals surface area contributed by atoms with Crippen molar-refractivity contribution in [1.82, 2.24) is 39.9 Å². The largest absolute Gasteiger partial charge is 0.389 e. The monoisotopic (exact) mass is 942 g/mol. The van der Waals surface area contributed by atoms with Crippen molar-refractivity contribution in [3.8, 4) is 28.3 Å². The molecule has 17 nitrogen and oxygen atoms in total. The lowest BCUT2D eigenvalue weighted by molar-refractivity contribution is -0.139. The fourth-order valence-corrected chi connectivity index (χ4v) is 10.6. The van der Waals surface area contributed by atoms with E-state index in [4.69, 9.17) is 21.7 Å². The molecule has 4 N–H and O–H groups in total. The highest BCUT2D eigenvalue weighted by molar-refractivity contribution is 6.33. The van der Waals surface area contributed by atoms with Crippen molar-refractivity contribution < 1.29 is 24.3 Å². The van der Waals surface area contributed by atoms with Gasteiger partial charge < -0.3 is 30.4 Å². The molecule has 5 aromatic rings. The Balaban J connectivity index is 0.799. The summed E-state index contributed by atoms with van der Waals surface area (Å²) < 4.78 is 3.72. The normalized spacial score (nSPS) is 19.8. The second-order valence-electron chi connectivity index (χ2n) is 19.3. The Bertz CT molecular complexity index is 2740. The summed E-state index contributed by atoms with van der Waals surface area (Å²) in [5.74, 6) is 0.316. The number of piperidine rings is 4. The summed E-state index contributed by atoms with van der Waals surface area (Å²) >= 11 is 6.70. The summed E-state index contributed by atoms with van der Waals surface area (Å²) in [5, 5.41) is 40.1. The van der Waals surface area contributed by atoms with Crippen LogP contribution in [0.25, 0.3) is 27.8 Å². The van der Waals surface area contributed by atoms with Crippen molar-refractivity contribution in [1.29, 1.82) is 5.26 Å². The third kappa shape index (κ3) is 9.61. The molecule has 9 rings (SSSR count). The van der Waals surface area contributed by atoms with Crippen molar-refractivity contribution in [2.75, 3.05) is 54.4 Å². The lowest BCUT2D eigenvalue weighted by Crippen LogP contribution is -2.50. The van der Waals surface area contributed by atoms with Gasteiger partial charge in [-0.15, -0.1) is 0 Å². The van der Waals surface area contributed by atoms with Gasteiger partial charge in [0.25, 0.3) is 0 Å². The number of nitrogens with zero attached hydrogens (tertiary/aromatic N) is 9. The Hall–Kier alpha value is -6.51. The smallest absolute Gasteiger partial charge is 0.249 e. The molecule has 4 aliphatic rings. The molecule has 4 fully saturated rings. The van der Waals surface area contributed by atoms with Gasteiger partial charge in [-0.3, -0.25) is 29.2 Å². The first-order valence-electron chi connectivity index (χ1n) is 23.9. The van der Waals surface area contributed by atoms with E-state index in [1.807, 2.05) is 72.5 Å². The molecule has 68 heavy (non-hydrogen) atoms. The summed E-state index contributed by atoms with van der Waals surface area (Å²) in [5.41, 5.74) is 4.64. The molecule has 0 bridgehead atoms. The van der Waals surface area contributed by atoms with Crippen LogP contribution in [0.4, 0.5) is 17.2 Å². The number of fused-ring (bicyclic) bond motifs is 1. The molecule has 4 amide bonds. The molecule has 4 aliphatic heterocycles. The predicted molar refractivity (Wildman–Crippen MR) is 259 cm³/mol. The second kappa shape index (κ2) is 19.2. The molecule has 0 unspecified atom stereocenters. The van der Waals surface area contributed by atoms with Crippen LogP contribution in [0.2, 0.25) is 5.02 Å². The van der Waals surface area contributed by atoms with E-state index >= 15 is 0 Å². The number of pyridine rings is 2. The maximum atomic E-state index is 13.6. The van der Waals surface area contributed by atoms with Crippen molar-refractivity contribution >= 4 is 57.9 Å². The number of carbonyl (C=O) groups excluding carboxylic acids is 4. The summed E-state index contributed by atoms with van der Waals surface area (Å²) in [7, 11) is 0. The molecule has 18 heteroatoms. The van der Waals surface area contributed by atoms with Crippen LogP contribution in [0.5, 0.6) is 0 Å². The van der Waals surface area contributed by atoms with Crippen LogP contribution in [0, 0.1) is 16.7 Å². The molecule has 4 aromatic heterocycles. The van der Waals surface area contributed by atoms with Crippen LogP contribution >= 0.6 is 11.6 Å². The van der Waals surface area contributed by atoms with Crippen LogP contribution < -0.4 is 25.8 Å². The third-order valence-electron chi connectivity index (χ3n) is 14.6. The van der Waals surface area contributed by atoms with E-state index in [9.17, 15) is 29.5 Å². The molecule has 8 heterocycles. The summed E-state index contributed by atoms with van der Waals surface area (Å²) in [6.45, 7) is 9.74. The lowest BCUT2D eigenvalue weighted by atomic mass is 9.75. The summed E-state index contributed by atoms with van der Waals surface area (Å²) in [4.78, 5) is 61.6. The van der Waals surface area contributed by atoms with Gasteiger partial charge in [-0.1, -0.05) is 18.5 Å². The highest BCUT2D eigenvalue weighted by Crippen LogP contribution is 2.39. The second-order valence-corrected chi connectivity index (χ2v) is 19.7. The quantitative estimate of drug-likeness (QED) is 0.105. The van der Waals surface area contributed by atoms with E-state index in [1.165, 1.54) is 0 Å². The van der Waals surface area contributed by atoms with Gasteiger partial charge in [0.05, 0.1) is 57.7 Å². The Labute approximate surface area is 400 Å². The Morgan fingerprint density at radius 2 is 1.66 bits per heavy atom. The Morgan fingerprint density at radius 1 is 0.912 bits per heavy atom. The standard InChI is InChI=1S/C50H59ClN12O5/c1-4-49(48(67)56-32(2)3)13-19-60(20-14-49)43-9-5-33(27-53-43)39-23-34(30-63-46(39)35(26-52)28-55-63)36-29-54-62(31-36)38-11-17-61(18-12-38)45(65)25-50(68)15-21-59(22-16-50)42-8-6-37(24-40(42)51)57-41-7-10-44(64)58-47(41)66/h5-6,8-9,23-24,27-32,38,41,57,68H,4,7,10-22,25H2,1-3H3,(H,56,67)(H,58,64,66)/t41-/m0/s1. The predicted octanol–water partition coefficient (Wildman–Crippen LogP) is 6.11. The lowest BCUT2D eigenvalue weighted by Gasteiger charge is -2.41. The Kier molecular flexibility index (Phi) is 13.2. The number of hydrogen-bond donors (Lipinski definition) is 4. The number of halogens is 1. The molecular formula is C50H59ClN12O5. The van der Waals surface area contributed by atoms with Gasteiger partial charge in [-0.05, 0) is 102 Å². The molecule has 1 atom stereocenters. The van der Waals surface area contributed by atoms with E-state index in [0.717, 1.165) is 79.0 Å². The zero-order valence-electron chi connectivity index (χ0n) is 38.9. The number of nitrogens with one attached hydrogen (secondary N) is 3. The number of aliphatic hydroxyl groups is 1. The number of hydrogen-bond acceptors (Lipinski definition) is 12. The van der Waals surface area contributed by atoms with Gasteiger partial charge in [0.2, 0.25) is 23.6 Å². The number of nitriles is 1. The van der Waals surface area contributed by atoms with Crippen LogP contribution in [-0.4, -0.2) is 115 Å². The first kappa shape index (κ1) is 46.6. The van der Waals surface area contributed by atoms with Gasteiger partial charge >= 0.3 is 0 Å². The maximum Gasteiger partial charge on any atom is 0.249 e. The molecule has 0 spiro atoms. The maximum absolute atomic E-state index is 13.6. The molecule has 0 saturated carbocycles. The van der Waals surface area contributed by atoms with Gasteiger partial charge in [-0.25, -0.2) is 9.50 Å². The van der Waals surface area contributed by atoms with Gasteiger partial charge in [0.1, 0.15) is 17.9 Å². The van der Waals surface area contributed by atoms with Crippen molar-refractivity contribution in [3.63, 3.8) is 0 Å². The van der Waals surface area contributed by atoms with Crippen molar-refractivity contribution in [2.24, 2.45) is 5.41 Å². The minimum atomic E-state index is -1.12. The molecule has 0 aliphatic carbocycles. The van der Waals surface area contributed by atoms with Crippen LogP contribution in [-0.2, 0) is 19.2 Å². The van der Waals surface area contributed by atoms with Crippen molar-refractivity contribution in [3.05, 3.63) is 78.0 Å². The van der Waals surface area contributed by atoms with E-state index < -0.39 is 11.6 Å². The molecule has 0 radical (unpaired) electrons. The zero-order valence-corrected chi connectivity index (χ0v) is 39.6. The van der Waals surface area contributed by atoms with Crippen LogP contribution in [0.1, 0.15) is 96.6 Å².